The number of carbonyl (C=O) groups excluding carboxylic acids is 2. The number of amides is 3. The Balaban J connectivity index is 1.67. The first-order chi connectivity index (χ1) is 13.7. The first-order valence-electron chi connectivity index (χ1n) is 10.5. The number of fused-ring (bicyclic) bond motifs is 2. The van der Waals surface area contributed by atoms with Gasteiger partial charge in [0.15, 0.2) is 0 Å². The number of aryl methyl sites for hydroxylation is 2. The quantitative estimate of drug-likeness (QED) is 0.708. The summed E-state index contributed by atoms with van der Waals surface area (Å²) in [6, 6.07) is 1.56. The lowest BCUT2D eigenvalue weighted by molar-refractivity contribution is -0.128. The van der Waals surface area contributed by atoms with Gasteiger partial charge >= 0.3 is 6.03 Å². The highest BCUT2D eigenvalue weighted by molar-refractivity contribution is 7.90. The average molecular weight is 422 g/mol. The molecule has 1 atom stereocenters. The molecule has 0 fully saturated rings. The molecule has 0 aromatic heterocycles. The zero-order valence-corrected chi connectivity index (χ0v) is 18.3. The molecule has 1 aromatic carbocycles. The number of carbonyl (C=O) groups is 2. The van der Waals surface area contributed by atoms with Gasteiger partial charge in [-0.15, -0.1) is 0 Å². The van der Waals surface area contributed by atoms with Gasteiger partial charge in [-0.3, -0.25) is 4.79 Å². The zero-order valence-electron chi connectivity index (χ0n) is 17.5. The molecule has 2 aliphatic carbocycles. The molecule has 2 N–H and O–H groups in total. The predicted molar refractivity (Wildman–Crippen MR) is 114 cm³/mol. The highest BCUT2D eigenvalue weighted by Gasteiger charge is 2.28. The molecule has 0 aliphatic heterocycles. The van der Waals surface area contributed by atoms with Gasteiger partial charge in [0.1, 0.15) is 0 Å². The maximum atomic E-state index is 12.6. The lowest BCUT2D eigenvalue weighted by Gasteiger charge is -2.22. The summed E-state index contributed by atoms with van der Waals surface area (Å²) in [4.78, 5) is 25.7. The summed E-state index contributed by atoms with van der Waals surface area (Å²) in [6.45, 7) is 5.74. The van der Waals surface area contributed by atoms with Crippen LogP contribution in [-0.4, -0.2) is 43.6 Å². The Morgan fingerprint density at radius 2 is 1.69 bits per heavy atom. The van der Waals surface area contributed by atoms with Crippen LogP contribution in [0.25, 0.3) is 0 Å². The average Bonchev–Trinajstić information content (AvgIpc) is 3.30. The number of nitrogens with zero attached hydrogens (tertiary/aromatic N) is 1. The Labute approximate surface area is 173 Å². The zero-order chi connectivity index (χ0) is 21.2. The molecule has 3 rings (SSSR count). The lowest BCUT2D eigenvalue weighted by atomic mass is 9.99. The summed E-state index contributed by atoms with van der Waals surface area (Å²) >= 11 is 0. The summed E-state index contributed by atoms with van der Waals surface area (Å²) in [7, 11) is -3.84. The molecule has 29 heavy (non-hydrogen) atoms. The van der Waals surface area contributed by atoms with Gasteiger partial charge in [0.2, 0.25) is 15.9 Å². The number of hydrogen-bond donors (Lipinski definition) is 2. The molecule has 0 saturated heterocycles. The molecule has 0 saturated carbocycles. The molecule has 7 nitrogen and oxygen atoms in total. The summed E-state index contributed by atoms with van der Waals surface area (Å²) in [5.74, 6) is -0.0883. The van der Waals surface area contributed by atoms with Crippen LogP contribution in [0, 0.1) is 0 Å². The van der Waals surface area contributed by atoms with E-state index in [9.17, 15) is 18.0 Å². The minimum absolute atomic E-state index is 0.0883. The van der Waals surface area contributed by atoms with Crippen LogP contribution >= 0.6 is 0 Å². The molecular formula is C21H31N3O4S. The Kier molecular flexibility index (Phi) is 6.51. The third-order valence-electron chi connectivity index (χ3n) is 6.11. The van der Waals surface area contributed by atoms with Gasteiger partial charge in [-0.25, -0.2) is 17.9 Å². The Bertz CT molecular complexity index is 879. The minimum atomic E-state index is -3.84. The van der Waals surface area contributed by atoms with Gasteiger partial charge < -0.3 is 10.2 Å². The maximum Gasteiger partial charge on any atom is 0.332 e. The molecular weight excluding hydrogens is 390 g/mol. The van der Waals surface area contributed by atoms with Crippen molar-refractivity contribution in [3.05, 3.63) is 28.3 Å². The maximum absolute atomic E-state index is 12.6. The molecule has 0 bridgehead atoms. The van der Waals surface area contributed by atoms with E-state index in [0.29, 0.717) is 13.1 Å². The van der Waals surface area contributed by atoms with Crippen molar-refractivity contribution in [2.75, 3.05) is 18.4 Å². The van der Waals surface area contributed by atoms with E-state index < -0.39 is 21.3 Å². The Morgan fingerprint density at radius 3 is 2.21 bits per heavy atom. The van der Waals surface area contributed by atoms with E-state index in [1.54, 1.807) is 11.8 Å². The SMILES string of the molecule is CCN(CCC(C)S(=O)(=O)NC(=O)Nc1c2c(cc3c1CCC3)CCC2)C(C)=O. The molecule has 0 radical (unpaired) electrons. The molecule has 3 amide bonds. The van der Waals surface area contributed by atoms with E-state index >= 15 is 0 Å². The summed E-state index contributed by atoms with van der Waals surface area (Å²) in [5.41, 5.74) is 5.70. The van der Waals surface area contributed by atoms with Crippen LogP contribution in [0.5, 0.6) is 0 Å². The van der Waals surface area contributed by atoms with Crippen LogP contribution in [-0.2, 0) is 40.5 Å². The van der Waals surface area contributed by atoms with Crippen molar-refractivity contribution in [1.29, 1.82) is 0 Å². The molecule has 0 spiro atoms. The van der Waals surface area contributed by atoms with Gasteiger partial charge in [-0.1, -0.05) is 6.07 Å². The molecule has 2 aliphatic rings. The van der Waals surface area contributed by atoms with Crippen molar-refractivity contribution in [3.8, 4) is 0 Å². The third-order valence-corrected chi connectivity index (χ3v) is 7.87. The first-order valence-corrected chi connectivity index (χ1v) is 12.0. The first kappa shape index (κ1) is 21.6. The van der Waals surface area contributed by atoms with Crippen molar-refractivity contribution >= 4 is 27.6 Å². The van der Waals surface area contributed by atoms with E-state index in [4.69, 9.17) is 0 Å². The molecule has 8 heteroatoms. The van der Waals surface area contributed by atoms with Crippen molar-refractivity contribution in [2.45, 2.75) is 71.0 Å². The van der Waals surface area contributed by atoms with E-state index in [1.807, 2.05) is 6.92 Å². The minimum Gasteiger partial charge on any atom is -0.343 e. The second-order valence-electron chi connectivity index (χ2n) is 8.03. The Hall–Kier alpha value is -2.09. The van der Waals surface area contributed by atoms with Gasteiger partial charge in [0.25, 0.3) is 0 Å². The summed E-state index contributed by atoms with van der Waals surface area (Å²) in [5, 5.41) is 2.07. The van der Waals surface area contributed by atoms with Crippen molar-refractivity contribution in [1.82, 2.24) is 9.62 Å². The second-order valence-corrected chi connectivity index (χ2v) is 10.1. The van der Waals surface area contributed by atoms with Gasteiger partial charge in [-0.2, -0.15) is 0 Å². The van der Waals surface area contributed by atoms with Crippen LogP contribution in [0.2, 0.25) is 0 Å². The van der Waals surface area contributed by atoms with Gasteiger partial charge in [0, 0.05) is 25.7 Å². The van der Waals surface area contributed by atoms with E-state index in [2.05, 4.69) is 16.1 Å². The van der Waals surface area contributed by atoms with E-state index in [-0.39, 0.29) is 12.3 Å². The number of urea groups is 1. The number of nitrogens with one attached hydrogen (secondary N) is 2. The predicted octanol–water partition coefficient (Wildman–Crippen LogP) is 2.76. The van der Waals surface area contributed by atoms with Crippen LogP contribution < -0.4 is 10.0 Å². The van der Waals surface area contributed by atoms with Crippen LogP contribution in [0.4, 0.5) is 10.5 Å². The van der Waals surface area contributed by atoms with E-state index in [1.165, 1.54) is 18.1 Å². The molecule has 160 valence electrons. The van der Waals surface area contributed by atoms with Crippen molar-refractivity contribution < 1.29 is 18.0 Å². The standard InChI is InChI=1S/C21H31N3O4S/c1-4-24(15(3)25)12-11-14(2)29(27,28)23-21(26)22-20-18-9-5-7-16(18)13-17-8-6-10-19(17)20/h13-14H,4-12H2,1-3H3,(H2,22,23,26). The summed E-state index contributed by atoms with van der Waals surface area (Å²) < 4.78 is 27.4. The normalized spacial score (nSPS) is 16.1. The largest absolute Gasteiger partial charge is 0.343 e. The number of sulfonamides is 1. The molecule has 0 heterocycles. The molecule has 1 unspecified atom stereocenters. The monoisotopic (exact) mass is 421 g/mol. The van der Waals surface area contributed by atoms with Crippen LogP contribution in [0.1, 0.15) is 62.3 Å². The van der Waals surface area contributed by atoms with Crippen molar-refractivity contribution in [3.63, 3.8) is 0 Å². The second kappa shape index (κ2) is 8.73. The van der Waals surface area contributed by atoms with Crippen LogP contribution in [0.15, 0.2) is 6.07 Å². The fourth-order valence-electron chi connectivity index (χ4n) is 4.37. The number of rotatable bonds is 7. The molecule has 1 aromatic rings. The number of hydrogen-bond acceptors (Lipinski definition) is 4. The third kappa shape index (κ3) is 4.74. The van der Waals surface area contributed by atoms with Gasteiger partial charge in [-0.05, 0) is 81.0 Å². The highest BCUT2D eigenvalue weighted by atomic mass is 32.2. The van der Waals surface area contributed by atoms with E-state index in [0.717, 1.165) is 55.3 Å². The number of benzene rings is 1. The fourth-order valence-corrected chi connectivity index (χ4v) is 5.29. The lowest BCUT2D eigenvalue weighted by Crippen LogP contribution is -2.41. The van der Waals surface area contributed by atoms with Gasteiger partial charge in [0.05, 0.1) is 5.25 Å². The topological polar surface area (TPSA) is 95.6 Å². The highest BCUT2D eigenvalue weighted by Crippen LogP contribution is 2.38. The number of anilines is 1. The van der Waals surface area contributed by atoms with Crippen LogP contribution in [0.3, 0.4) is 0 Å². The fraction of sp³-hybridized carbons (Fsp3) is 0.619. The smallest absolute Gasteiger partial charge is 0.332 e. The van der Waals surface area contributed by atoms with Crippen molar-refractivity contribution in [2.24, 2.45) is 0 Å². The summed E-state index contributed by atoms with van der Waals surface area (Å²) in [6.07, 6.45) is 6.25. The Morgan fingerprint density at radius 1 is 1.10 bits per heavy atom.